The van der Waals surface area contributed by atoms with Crippen LogP contribution in [0.4, 0.5) is 10.8 Å². The largest absolute Gasteiger partial charge is 0.293 e. The molecule has 5 rings (SSSR count). The molecule has 0 bridgehead atoms. The van der Waals surface area contributed by atoms with Gasteiger partial charge in [-0.3, -0.25) is 19.1 Å². The van der Waals surface area contributed by atoms with Crippen LogP contribution in [-0.4, -0.2) is 20.4 Å². The molecule has 0 spiro atoms. The number of fused-ring (bicyclic) bond motifs is 1. The van der Waals surface area contributed by atoms with E-state index < -0.39 is 0 Å². The van der Waals surface area contributed by atoms with E-state index in [-0.39, 0.29) is 18.0 Å². The van der Waals surface area contributed by atoms with Gasteiger partial charge in [-0.1, -0.05) is 41.9 Å². The molecule has 1 amide bonds. The smallest absolute Gasteiger partial charge is 0.263 e. The highest BCUT2D eigenvalue weighted by Gasteiger charge is 2.19. The fourth-order valence-electron chi connectivity index (χ4n) is 3.57. The van der Waals surface area contributed by atoms with E-state index >= 15 is 0 Å². The summed E-state index contributed by atoms with van der Waals surface area (Å²) in [6.45, 7) is 1.76. The van der Waals surface area contributed by atoms with Crippen molar-refractivity contribution in [3.8, 4) is 11.1 Å². The van der Waals surface area contributed by atoms with Gasteiger partial charge in [0, 0.05) is 28.3 Å². The van der Waals surface area contributed by atoms with Gasteiger partial charge in [-0.05, 0) is 29.8 Å². The van der Waals surface area contributed by atoms with Crippen molar-refractivity contribution in [3.63, 3.8) is 0 Å². The highest BCUT2D eigenvalue weighted by atomic mass is 35.5. The van der Waals surface area contributed by atoms with Gasteiger partial charge in [-0.2, -0.15) is 0 Å². The van der Waals surface area contributed by atoms with Crippen LogP contribution in [0.25, 0.3) is 21.3 Å². The Kier molecular flexibility index (Phi) is 5.80. The van der Waals surface area contributed by atoms with Gasteiger partial charge in [0.2, 0.25) is 5.91 Å². The van der Waals surface area contributed by atoms with E-state index in [0.29, 0.717) is 26.1 Å². The predicted molar refractivity (Wildman–Crippen MR) is 135 cm³/mol. The van der Waals surface area contributed by atoms with E-state index in [0.717, 1.165) is 16.8 Å². The van der Waals surface area contributed by atoms with Crippen molar-refractivity contribution in [2.75, 3.05) is 4.90 Å². The molecule has 0 aliphatic heterocycles. The van der Waals surface area contributed by atoms with Crippen LogP contribution < -0.4 is 10.5 Å². The summed E-state index contributed by atoms with van der Waals surface area (Å²) in [6, 6.07) is 16.8. The Bertz CT molecular complexity index is 1510. The molecule has 0 radical (unpaired) electrons. The minimum absolute atomic E-state index is 0.131. The zero-order chi connectivity index (χ0) is 22.9. The topological polar surface area (TPSA) is 68.1 Å². The lowest BCUT2D eigenvalue weighted by atomic mass is 10.1. The molecule has 6 nitrogen and oxygen atoms in total. The van der Waals surface area contributed by atoms with Crippen LogP contribution in [0.3, 0.4) is 0 Å². The van der Waals surface area contributed by atoms with Crippen molar-refractivity contribution in [2.45, 2.75) is 13.5 Å². The van der Waals surface area contributed by atoms with Crippen LogP contribution in [0.5, 0.6) is 0 Å². The summed E-state index contributed by atoms with van der Waals surface area (Å²) in [7, 11) is 0. The van der Waals surface area contributed by atoms with Crippen LogP contribution in [0, 0.1) is 0 Å². The number of halogens is 1. The molecule has 0 saturated heterocycles. The molecule has 33 heavy (non-hydrogen) atoms. The Balaban J connectivity index is 1.49. The molecule has 5 aromatic rings. The molecule has 3 aromatic heterocycles. The number of nitrogens with zero attached hydrogens (tertiary/aromatic N) is 4. The van der Waals surface area contributed by atoms with Crippen molar-refractivity contribution in [3.05, 3.63) is 92.8 Å². The summed E-state index contributed by atoms with van der Waals surface area (Å²) in [5.74, 6) is -0.131. The summed E-state index contributed by atoms with van der Waals surface area (Å²) in [5, 5.41) is 5.58. The maximum atomic E-state index is 13.3. The molecular formula is C24H17ClN4O2S2. The quantitative estimate of drug-likeness (QED) is 0.303. The Morgan fingerprint density at radius 1 is 1.06 bits per heavy atom. The molecular weight excluding hydrogens is 476 g/mol. The van der Waals surface area contributed by atoms with E-state index in [9.17, 15) is 9.59 Å². The summed E-state index contributed by atoms with van der Waals surface area (Å²) < 4.78 is 1.55. The molecule has 0 fully saturated rings. The maximum absolute atomic E-state index is 13.3. The second kappa shape index (κ2) is 8.90. The first-order valence-corrected chi connectivity index (χ1v) is 12.2. The molecule has 164 valence electrons. The number of amides is 1. The lowest BCUT2D eigenvalue weighted by molar-refractivity contribution is -0.115. The highest BCUT2D eigenvalue weighted by molar-refractivity contribution is 7.17. The van der Waals surface area contributed by atoms with Gasteiger partial charge in [0.1, 0.15) is 4.83 Å². The molecule has 0 atom stereocenters. The zero-order valence-corrected chi connectivity index (χ0v) is 19.8. The van der Waals surface area contributed by atoms with Crippen molar-refractivity contribution in [1.29, 1.82) is 0 Å². The van der Waals surface area contributed by atoms with Crippen molar-refractivity contribution in [1.82, 2.24) is 14.5 Å². The fourth-order valence-corrected chi connectivity index (χ4v) is 5.48. The monoisotopic (exact) mass is 492 g/mol. The highest BCUT2D eigenvalue weighted by Crippen LogP contribution is 2.32. The number of hydrogen-bond donors (Lipinski definition) is 0. The second-order valence-corrected chi connectivity index (χ2v) is 9.46. The van der Waals surface area contributed by atoms with Crippen LogP contribution in [-0.2, 0) is 11.3 Å². The minimum Gasteiger partial charge on any atom is -0.293 e. The van der Waals surface area contributed by atoms with Gasteiger partial charge in [-0.15, -0.1) is 22.7 Å². The summed E-state index contributed by atoms with van der Waals surface area (Å²) in [4.78, 5) is 37.0. The molecule has 0 saturated carbocycles. The van der Waals surface area contributed by atoms with Gasteiger partial charge in [0.25, 0.3) is 5.56 Å². The number of para-hydroxylation sites is 1. The average molecular weight is 493 g/mol. The molecule has 2 aromatic carbocycles. The number of aromatic nitrogens is 3. The fraction of sp³-hybridized carbons (Fsp3) is 0.0833. The van der Waals surface area contributed by atoms with Crippen LogP contribution in [0.15, 0.2) is 76.5 Å². The zero-order valence-electron chi connectivity index (χ0n) is 17.4. The normalized spacial score (nSPS) is 11.1. The number of thiazole rings is 1. The first-order chi connectivity index (χ1) is 16.0. The van der Waals surface area contributed by atoms with Gasteiger partial charge in [-0.25, -0.2) is 9.97 Å². The third-order valence-electron chi connectivity index (χ3n) is 5.11. The molecule has 0 aliphatic carbocycles. The molecule has 0 aliphatic rings. The van der Waals surface area contributed by atoms with E-state index in [1.165, 1.54) is 29.6 Å². The van der Waals surface area contributed by atoms with Crippen LogP contribution in [0.2, 0.25) is 5.02 Å². The number of hydrogen-bond acceptors (Lipinski definition) is 6. The summed E-state index contributed by atoms with van der Waals surface area (Å²) in [6.07, 6.45) is 1.55. The number of carbonyl (C=O) groups is 1. The van der Waals surface area contributed by atoms with Gasteiger partial charge in [0.15, 0.2) is 5.13 Å². The number of thiophene rings is 1. The number of anilines is 2. The summed E-state index contributed by atoms with van der Waals surface area (Å²) >= 11 is 8.81. The molecule has 9 heteroatoms. The number of rotatable bonds is 5. The Morgan fingerprint density at radius 3 is 2.55 bits per heavy atom. The van der Waals surface area contributed by atoms with Gasteiger partial charge >= 0.3 is 0 Å². The Morgan fingerprint density at radius 2 is 1.82 bits per heavy atom. The minimum atomic E-state index is -0.132. The van der Waals surface area contributed by atoms with E-state index in [1.807, 2.05) is 53.2 Å². The first-order valence-electron chi connectivity index (χ1n) is 10.0. The predicted octanol–water partition coefficient (Wildman–Crippen LogP) is 5.97. The van der Waals surface area contributed by atoms with Gasteiger partial charge in [0.05, 0.1) is 29.6 Å². The Hall–Kier alpha value is -3.33. The lowest BCUT2D eigenvalue weighted by Gasteiger charge is -2.17. The first kappa shape index (κ1) is 21.5. The van der Waals surface area contributed by atoms with Crippen molar-refractivity contribution >= 4 is 61.2 Å². The lowest BCUT2D eigenvalue weighted by Crippen LogP contribution is -2.23. The third-order valence-corrected chi connectivity index (χ3v) is 7.12. The second-order valence-electron chi connectivity index (χ2n) is 7.33. The molecule has 0 N–H and O–H groups in total. The van der Waals surface area contributed by atoms with Crippen LogP contribution in [0.1, 0.15) is 12.6 Å². The van der Waals surface area contributed by atoms with Crippen molar-refractivity contribution in [2.24, 2.45) is 0 Å². The van der Waals surface area contributed by atoms with E-state index in [4.69, 9.17) is 11.6 Å². The Labute approximate surface area is 202 Å². The van der Waals surface area contributed by atoms with E-state index in [1.54, 1.807) is 27.9 Å². The standard InChI is InChI=1S/C24H17ClN4O2S2/c1-15(30)29(19-5-3-2-4-6-19)24-27-18(12-33-24)11-28-14-26-22-21(23(28)31)20(13-32-22)16-7-9-17(25)10-8-16/h2-10,12-14H,11H2,1H3. The average Bonchev–Trinajstić information content (AvgIpc) is 3.45. The van der Waals surface area contributed by atoms with Gasteiger partial charge < -0.3 is 0 Å². The maximum Gasteiger partial charge on any atom is 0.263 e. The van der Waals surface area contributed by atoms with Crippen LogP contribution >= 0.6 is 34.3 Å². The molecule has 3 heterocycles. The van der Waals surface area contributed by atoms with E-state index in [2.05, 4.69) is 9.97 Å². The molecule has 0 unspecified atom stereocenters. The number of benzene rings is 2. The third kappa shape index (κ3) is 4.20. The SMILES string of the molecule is CC(=O)N(c1ccccc1)c1nc(Cn2cnc3scc(-c4ccc(Cl)cc4)c3c2=O)cs1. The summed E-state index contributed by atoms with van der Waals surface area (Å²) in [5.41, 5.74) is 3.05. The number of carbonyl (C=O) groups excluding carboxylic acids is 1. The van der Waals surface area contributed by atoms with Crippen molar-refractivity contribution < 1.29 is 4.79 Å².